The molecular weight excluding hydrogens is 254 g/mol. The van der Waals surface area contributed by atoms with Crippen LogP contribution in [0.1, 0.15) is 31.1 Å². The SMILES string of the molecule is CCCC1CC1NCc1cnc(N(C)C)s1.Cl. The molecule has 17 heavy (non-hydrogen) atoms. The minimum absolute atomic E-state index is 0. The predicted octanol–water partition coefficient (Wildman–Crippen LogP) is 2.91. The number of halogens is 1. The molecule has 3 nitrogen and oxygen atoms in total. The lowest BCUT2D eigenvalue weighted by atomic mass is 10.2. The molecule has 2 rings (SSSR count). The summed E-state index contributed by atoms with van der Waals surface area (Å²) in [5, 5.41) is 4.71. The van der Waals surface area contributed by atoms with E-state index in [-0.39, 0.29) is 12.4 Å². The number of nitrogens with one attached hydrogen (secondary N) is 1. The lowest BCUT2D eigenvalue weighted by Crippen LogP contribution is -2.16. The summed E-state index contributed by atoms with van der Waals surface area (Å²) in [6.45, 7) is 3.25. The van der Waals surface area contributed by atoms with Crippen LogP contribution in [0.2, 0.25) is 0 Å². The first-order valence-electron chi connectivity index (χ1n) is 6.06. The fourth-order valence-corrected chi connectivity index (χ4v) is 2.79. The molecule has 1 fully saturated rings. The van der Waals surface area contributed by atoms with Crippen molar-refractivity contribution < 1.29 is 0 Å². The molecule has 0 spiro atoms. The number of nitrogens with zero attached hydrogens (tertiary/aromatic N) is 2. The quantitative estimate of drug-likeness (QED) is 0.865. The molecule has 0 aliphatic heterocycles. The number of hydrogen-bond acceptors (Lipinski definition) is 4. The molecule has 0 bridgehead atoms. The van der Waals surface area contributed by atoms with E-state index < -0.39 is 0 Å². The van der Waals surface area contributed by atoms with E-state index >= 15 is 0 Å². The van der Waals surface area contributed by atoms with Gasteiger partial charge in [-0.1, -0.05) is 13.3 Å². The van der Waals surface area contributed by atoms with Crippen molar-refractivity contribution in [1.29, 1.82) is 0 Å². The lowest BCUT2D eigenvalue weighted by Gasteiger charge is -2.05. The molecule has 1 aromatic heterocycles. The summed E-state index contributed by atoms with van der Waals surface area (Å²) >= 11 is 1.78. The summed E-state index contributed by atoms with van der Waals surface area (Å²) in [6.07, 6.45) is 6.05. The highest BCUT2D eigenvalue weighted by molar-refractivity contribution is 7.15. The van der Waals surface area contributed by atoms with Crippen LogP contribution in [0.3, 0.4) is 0 Å². The fraction of sp³-hybridized carbons (Fsp3) is 0.750. The van der Waals surface area contributed by atoms with E-state index in [1.807, 2.05) is 20.3 Å². The molecule has 1 aliphatic rings. The molecule has 1 N–H and O–H groups in total. The number of rotatable bonds is 6. The van der Waals surface area contributed by atoms with Crippen molar-refractivity contribution in [3.63, 3.8) is 0 Å². The molecule has 2 unspecified atom stereocenters. The number of thiazole rings is 1. The van der Waals surface area contributed by atoms with Gasteiger partial charge in [-0.2, -0.15) is 0 Å². The molecule has 98 valence electrons. The van der Waals surface area contributed by atoms with Gasteiger partial charge in [-0.15, -0.1) is 23.7 Å². The van der Waals surface area contributed by atoms with Gasteiger partial charge in [-0.3, -0.25) is 0 Å². The van der Waals surface area contributed by atoms with Crippen molar-refractivity contribution in [2.75, 3.05) is 19.0 Å². The van der Waals surface area contributed by atoms with Gasteiger partial charge in [0.15, 0.2) is 5.13 Å². The summed E-state index contributed by atoms with van der Waals surface area (Å²) in [4.78, 5) is 7.77. The smallest absolute Gasteiger partial charge is 0.185 e. The fourth-order valence-electron chi connectivity index (χ4n) is 2.00. The van der Waals surface area contributed by atoms with Crippen molar-refractivity contribution in [3.8, 4) is 0 Å². The zero-order valence-corrected chi connectivity index (χ0v) is 12.4. The Balaban J connectivity index is 0.00000144. The second-order valence-electron chi connectivity index (χ2n) is 4.78. The zero-order chi connectivity index (χ0) is 11.5. The van der Waals surface area contributed by atoms with Crippen molar-refractivity contribution in [2.45, 2.75) is 38.8 Å². The van der Waals surface area contributed by atoms with E-state index in [0.29, 0.717) is 0 Å². The average Bonchev–Trinajstić information content (AvgIpc) is 2.80. The van der Waals surface area contributed by atoms with Gasteiger partial charge in [0.1, 0.15) is 0 Å². The maximum Gasteiger partial charge on any atom is 0.185 e. The summed E-state index contributed by atoms with van der Waals surface area (Å²) in [5.74, 6) is 0.936. The van der Waals surface area contributed by atoms with Crippen LogP contribution >= 0.6 is 23.7 Å². The third-order valence-corrected chi connectivity index (χ3v) is 4.21. The number of hydrogen-bond donors (Lipinski definition) is 1. The van der Waals surface area contributed by atoms with Crippen LogP contribution in [0.25, 0.3) is 0 Å². The van der Waals surface area contributed by atoms with Gasteiger partial charge < -0.3 is 10.2 Å². The van der Waals surface area contributed by atoms with E-state index in [4.69, 9.17) is 0 Å². The molecular formula is C12H22ClN3S. The number of aromatic nitrogens is 1. The molecule has 1 aromatic rings. The number of anilines is 1. The molecule has 5 heteroatoms. The minimum atomic E-state index is 0. The van der Waals surface area contributed by atoms with E-state index in [2.05, 4.69) is 22.1 Å². The Morgan fingerprint density at radius 2 is 2.29 bits per heavy atom. The van der Waals surface area contributed by atoms with Crippen LogP contribution in [-0.4, -0.2) is 25.1 Å². The highest BCUT2D eigenvalue weighted by Crippen LogP contribution is 2.35. The van der Waals surface area contributed by atoms with Crippen LogP contribution in [0.4, 0.5) is 5.13 Å². The Labute approximate surface area is 114 Å². The maximum atomic E-state index is 4.37. The van der Waals surface area contributed by atoms with Crippen molar-refractivity contribution in [3.05, 3.63) is 11.1 Å². The Morgan fingerprint density at radius 3 is 2.88 bits per heavy atom. The minimum Gasteiger partial charge on any atom is -0.354 e. The first kappa shape index (κ1) is 14.7. The van der Waals surface area contributed by atoms with Gasteiger partial charge in [0.2, 0.25) is 0 Å². The van der Waals surface area contributed by atoms with Crippen molar-refractivity contribution in [2.24, 2.45) is 5.92 Å². The second-order valence-corrected chi connectivity index (χ2v) is 5.87. The van der Waals surface area contributed by atoms with Gasteiger partial charge in [0.25, 0.3) is 0 Å². The standard InChI is InChI=1S/C12H21N3S.ClH/c1-4-5-9-6-11(9)13-7-10-8-14-12(16-10)15(2)3;/h8-9,11,13H,4-7H2,1-3H3;1H. The summed E-state index contributed by atoms with van der Waals surface area (Å²) in [7, 11) is 4.07. The van der Waals surface area contributed by atoms with E-state index in [0.717, 1.165) is 23.6 Å². The van der Waals surface area contributed by atoms with Crippen LogP contribution in [0.5, 0.6) is 0 Å². The summed E-state index contributed by atoms with van der Waals surface area (Å²) in [5.41, 5.74) is 0. The van der Waals surface area contributed by atoms with Crippen LogP contribution in [0.15, 0.2) is 6.20 Å². The predicted molar refractivity (Wildman–Crippen MR) is 77.3 cm³/mol. The molecule has 0 radical (unpaired) electrons. The molecule has 0 saturated heterocycles. The Kier molecular flexibility index (Phi) is 5.70. The first-order valence-corrected chi connectivity index (χ1v) is 6.87. The third-order valence-electron chi connectivity index (χ3n) is 3.04. The molecule has 1 heterocycles. The summed E-state index contributed by atoms with van der Waals surface area (Å²) in [6, 6.07) is 0.768. The third kappa shape index (κ3) is 4.12. The Morgan fingerprint density at radius 1 is 1.53 bits per heavy atom. The molecule has 0 amide bonds. The van der Waals surface area contributed by atoms with Gasteiger partial charge >= 0.3 is 0 Å². The van der Waals surface area contributed by atoms with Crippen LogP contribution < -0.4 is 10.2 Å². The molecule has 1 saturated carbocycles. The second kappa shape index (κ2) is 6.57. The van der Waals surface area contributed by atoms with Gasteiger partial charge in [-0.05, 0) is 18.8 Å². The summed E-state index contributed by atoms with van der Waals surface area (Å²) < 4.78 is 0. The normalized spacial score (nSPS) is 22.1. The maximum absolute atomic E-state index is 4.37. The van der Waals surface area contributed by atoms with E-state index in [1.165, 1.54) is 24.1 Å². The van der Waals surface area contributed by atoms with Crippen molar-refractivity contribution in [1.82, 2.24) is 10.3 Å². The first-order chi connectivity index (χ1) is 7.70. The van der Waals surface area contributed by atoms with Crippen LogP contribution in [-0.2, 0) is 6.54 Å². The van der Waals surface area contributed by atoms with Crippen LogP contribution in [0, 0.1) is 5.92 Å². The highest BCUT2D eigenvalue weighted by Gasteiger charge is 2.35. The molecule has 2 atom stereocenters. The monoisotopic (exact) mass is 275 g/mol. The Hall–Kier alpha value is -0.320. The average molecular weight is 276 g/mol. The largest absolute Gasteiger partial charge is 0.354 e. The van der Waals surface area contributed by atoms with Gasteiger partial charge in [0.05, 0.1) is 0 Å². The van der Waals surface area contributed by atoms with Gasteiger partial charge in [-0.25, -0.2) is 4.98 Å². The topological polar surface area (TPSA) is 28.2 Å². The van der Waals surface area contributed by atoms with Gasteiger partial charge in [0, 0.05) is 37.8 Å². The zero-order valence-electron chi connectivity index (χ0n) is 10.8. The molecule has 0 aromatic carbocycles. The Bertz CT molecular complexity index is 340. The highest BCUT2D eigenvalue weighted by atomic mass is 35.5. The van der Waals surface area contributed by atoms with E-state index in [1.54, 1.807) is 11.3 Å². The van der Waals surface area contributed by atoms with Crippen molar-refractivity contribution >= 4 is 28.9 Å². The molecule has 1 aliphatic carbocycles. The van der Waals surface area contributed by atoms with E-state index in [9.17, 15) is 0 Å². The lowest BCUT2D eigenvalue weighted by molar-refractivity contribution is 0.602.